The molecule has 3 aliphatic rings. The van der Waals surface area contributed by atoms with Gasteiger partial charge in [-0.1, -0.05) is 37.3 Å². The number of Topliss-reactive ketones (excluding diaryl/α,β-unsaturated/α-hetero) is 1. The zero-order valence-electron chi connectivity index (χ0n) is 24.3. The topological polar surface area (TPSA) is 85.4 Å². The third kappa shape index (κ3) is 6.83. The van der Waals surface area contributed by atoms with Crippen molar-refractivity contribution in [3.05, 3.63) is 35.9 Å². The molecule has 0 spiro atoms. The quantitative estimate of drug-likeness (QED) is 0.388. The van der Waals surface area contributed by atoms with Crippen LogP contribution in [0.2, 0.25) is 0 Å². The highest BCUT2D eigenvalue weighted by Gasteiger charge is 2.61. The Kier molecular flexibility index (Phi) is 9.37. The minimum atomic E-state index is -0.582. The molecule has 2 aliphatic heterocycles. The Morgan fingerprint density at radius 3 is 2.49 bits per heavy atom. The molecular weight excluding hydrogens is 496 g/mol. The highest BCUT2D eigenvalue weighted by molar-refractivity contribution is 5.87. The fourth-order valence-electron chi connectivity index (χ4n) is 6.42. The Morgan fingerprint density at radius 1 is 1.10 bits per heavy atom. The van der Waals surface area contributed by atoms with Crippen LogP contribution in [-0.4, -0.2) is 72.3 Å². The summed E-state index contributed by atoms with van der Waals surface area (Å²) < 4.78 is 11.4. The van der Waals surface area contributed by atoms with E-state index < -0.39 is 17.1 Å². The summed E-state index contributed by atoms with van der Waals surface area (Å²) in [7, 11) is 1.61. The number of benzene rings is 1. The molecule has 0 bridgehead atoms. The van der Waals surface area contributed by atoms with Crippen LogP contribution in [0.15, 0.2) is 30.3 Å². The number of carbonyl (C=O) groups is 3. The summed E-state index contributed by atoms with van der Waals surface area (Å²) in [4.78, 5) is 47.3. The molecule has 0 N–H and O–H groups in total. The Balaban J connectivity index is 1.38. The fourth-order valence-corrected chi connectivity index (χ4v) is 6.42. The first-order valence-electron chi connectivity index (χ1n) is 14.6. The molecule has 1 aliphatic carbocycles. The molecule has 8 nitrogen and oxygen atoms in total. The van der Waals surface area contributed by atoms with Gasteiger partial charge in [-0.25, -0.2) is 9.86 Å². The highest BCUT2D eigenvalue weighted by Crippen LogP contribution is 2.63. The van der Waals surface area contributed by atoms with Crippen molar-refractivity contribution in [1.29, 1.82) is 0 Å². The van der Waals surface area contributed by atoms with Crippen molar-refractivity contribution < 1.29 is 28.7 Å². The summed E-state index contributed by atoms with van der Waals surface area (Å²) >= 11 is 0. The first-order chi connectivity index (χ1) is 18.6. The van der Waals surface area contributed by atoms with Gasteiger partial charge in [0.1, 0.15) is 11.4 Å². The number of hydrogen-bond donors (Lipinski definition) is 0. The molecule has 1 saturated carbocycles. The van der Waals surface area contributed by atoms with Crippen LogP contribution in [0, 0.1) is 11.3 Å². The standard InChI is InChI=1S/C31H46N2O6/c1-22(27(37-5)25-15-12-18-32(25)29(36)39-30(2,3)4)26(34)16-11-17-31(28(35)33-19-9-10-20-38-33)21-24(31)23-13-7-6-8-14-23/h6-8,13-14,22,24-25,27H,9-12,15-21H2,1-5H3. The summed E-state index contributed by atoms with van der Waals surface area (Å²) in [6.07, 6.45) is 5.24. The number of nitrogens with zero attached hydrogens (tertiary/aromatic N) is 2. The van der Waals surface area contributed by atoms with Crippen molar-refractivity contribution in [2.24, 2.45) is 11.3 Å². The number of ketones is 1. The second-order valence-electron chi connectivity index (χ2n) is 12.5. The molecule has 4 rings (SSSR count). The van der Waals surface area contributed by atoms with E-state index in [-0.39, 0.29) is 35.7 Å². The number of hydroxylamine groups is 2. The molecule has 2 saturated heterocycles. The first kappa shape index (κ1) is 29.5. The Morgan fingerprint density at radius 2 is 1.85 bits per heavy atom. The zero-order chi connectivity index (χ0) is 28.2. The van der Waals surface area contributed by atoms with Crippen LogP contribution < -0.4 is 0 Å². The lowest BCUT2D eigenvalue weighted by molar-refractivity contribution is -0.203. The maximum Gasteiger partial charge on any atom is 0.410 e. The number of ether oxygens (including phenoxy) is 2. The lowest BCUT2D eigenvalue weighted by Gasteiger charge is -2.35. The second kappa shape index (κ2) is 12.4. The molecule has 1 aromatic rings. The largest absolute Gasteiger partial charge is 0.444 e. The monoisotopic (exact) mass is 542 g/mol. The van der Waals surface area contributed by atoms with Gasteiger partial charge in [-0.2, -0.15) is 0 Å². The van der Waals surface area contributed by atoms with Gasteiger partial charge in [0.15, 0.2) is 0 Å². The summed E-state index contributed by atoms with van der Waals surface area (Å²) in [5.41, 5.74) is 0.0776. The van der Waals surface area contributed by atoms with Gasteiger partial charge in [0, 0.05) is 32.5 Å². The number of hydrogen-bond acceptors (Lipinski definition) is 6. The molecule has 2 heterocycles. The van der Waals surface area contributed by atoms with Crippen molar-refractivity contribution in [2.75, 3.05) is 26.8 Å². The number of rotatable bonds is 10. The van der Waals surface area contributed by atoms with Crippen molar-refractivity contribution in [3.8, 4) is 0 Å². The van der Waals surface area contributed by atoms with E-state index in [4.69, 9.17) is 14.3 Å². The zero-order valence-corrected chi connectivity index (χ0v) is 24.3. The van der Waals surface area contributed by atoms with Gasteiger partial charge in [0.25, 0.3) is 5.91 Å². The molecule has 216 valence electrons. The van der Waals surface area contributed by atoms with Crippen LogP contribution in [0.3, 0.4) is 0 Å². The lowest BCUT2D eigenvalue weighted by atomic mass is 9.87. The average Bonchev–Trinajstić information content (AvgIpc) is 3.45. The minimum absolute atomic E-state index is 0.0604. The van der Waals surface area contributed by atoms with Crippen LogP contribution in [-0.2, 0) is 23.9 Å². The second-order valence-corrected chi connectivity index (χ2v) is 12.5. The summed E-state index contributed by atoms with van der Waals surface area (Å²) in [6, 6.07) is 10.00. The molecule has 39 heavy (non-hydrogen) atoms. The van der Waals surface area contributed by atoms with Crippen molar-refractivity contribution in [1.82, 2.24) is 9.96 Å². The van der Waals surface area contributed by atoms with Gasteiger partial charge >= 0.3 is 6.09 Å². The molecule has 3 fully saturated rings. The van der Waals surface area contributed by atoms with E-state index >= 15 is 0 Å². The van der Waals surface area contributed by atoms with Gasteiger partial charge in [0.05, 0.1) is 24.2 Å². The van der Waals surface area contributed by atoms with Crippen molar-refractivity contribution in [3.63, 3.8) is 0 Å². The Hall–Kier alpha value is -2.45. The molecule has 5 unspecified atom stereocenters. The molecular formula is C31H46N2O6. The molecule has 8 heteroatoms. The van der Waals surface area contributed by atoms with Gasteiger partial charge in [0.2, 0.25) is 0 Å². The van der Waals surface area contributed by atoms with E-state index in [1.807, 2.05) is 45.9 Å². The van der Waals surface area contributed by atoms with E-state index in [1.54, 1.807) is 17.1 Å². The fraction of sp³-hybridized carbons (Fsp3) is 0.710. The van der Waals surface area contributed by atoms with Crippen LogP contribution in [0.5, 0.6) is 0 Å². The van der Waals surface area contributed by atoms with Gasteiger partial charge in [-0.3, -0.25) is 14.4 Å². The molecule has 5 atom stereocenters. The van der Waals surface area contributed by atoms with Crippen LogP contribution in [0.1, 0.15) is 90.5 Å². The van der Waals surface area contributed by atoms with Crippen LogP contribution in [0.25, 0.3) is 0 Å². The summed E-state index contributed by atoms with van der Waals surface area (Å²) in [5, 5.41) is 1.57. The normalized spacial score (nSPS) is 26.7. The van der Waals surface area contributed by atoms with Gasteiger partial charge in [-0.15, -0.1) is 0 Å². The average molecular weight is 543 g/mol. The molecule has 1 aromatic carbocycles. The predicted octanol–water partition coefficient (Wildman–Crippen LogP) is 5.50. The van der Waals surface area contributed by atoms with Crippen molar-refractivity contribution in [2.45, 2.75) is 103 Å². The maximum atomic E-state index is 13.6. The predicted molar refractivity (Wildman–Crippen MR) is 148 cm³/mol. The smallest absolute Gasteiger partial charge is 0.410 e. The number of amides is 2. The third-order valence-electron chi connectivity index (χ3n) is 8.56. The van der Waals surface area contributed by atoms with Crippen molar-refractivity contribution >= 4 is 17.8 Å². The maximum absolute atomic E-state index is 13.6. The first-order valence-corrected chi connectivity index (χ1v) is 14.6. The minimum Gasteiger partial charge on any atom is -0.444 e. The number of methoxy groups -OCH3 is 1. The highest BCUT2D eigenvalue weighted by atomic mass is 16.7. The Bertz CT molecular complexity index is 1000. The van der Waals surface area contributed by atoms with Crippen LogP contribution in [0.4, 0.5) is 4.79 Å². The van der Waals surface area contributed by atoms with Crippen LogP contribution >= 0.6 is 0 Å². The SMILES string of the molecule is COC(C(C)C(=O)CCCC1(C(=O)N2CCCCO2)CC1c1ccccc1)C1CCCN1C(=O)OC(C)(C)C. The summed E-state index contributed by atoms with van der Waals surface area (Å²) in [5.74, 6) is -0.0574. The third-order valence-corrected chi connectivity index (χ3v) is 8.56. The molecule has 0 aromatic heterocycles. The van der Waals surface area contributed by atoms with E-state index in [0.29, 0.717) is 39.0 Å². The lowest BCUT2D eigenvalue weighted by Crippen LogP contribution is -2.49. The van der Waals surface area contributed by atoms with E-state index in [9.17, 15) is 14.4 Å². The van der Waals surface area contributed by atoms with Gasteiger partial charge < -0.3 is 14.4 Å². The summed E-state index contributed by atoms with van der Waals surface area (Å²) in [6.45, 7) is 9.27. The van der Waals surface area contributed by atoms with Gasteiger partial charge in [-0.05, 0) is 77.2 Å². The van der Waals surface area contributed by atoms with E-state index in [0.717, 1.165) is 32.1 Å². The van der Waals surface area contributed by atoms with E-state index in [1.165, 1.54) is 5.56 Å². The molecule has 0 radical (unpaired) electrons. The molecule has 2 amide bonds. The number of carbonyl (C=O) groups excluding carboxylic acids is 3. The Labute approximate surface area is 233 Å². The number of likely N-dealkylation sites (tertiary alicyclic amines) is 1. The van der Waals surface area contributed by atoms with E-state index in [2.05, 4.69) is 12.1 Å².